The van der Waals surface area contributed by atoms with Crippen LogP contribution in [0, 0.1) is 12.8 Å². The fraction of sp³-hybridized carbons (Fsp3) is 0.533. The molecule has 0 saturated heterocycles. The Kier molecular flexibility index (Phi) is 4.37. The third-order valence-corrected chi connectivity index (χ3v) is 3.52. The van der Waals surface area contributed by atoms with Crippen LogP contribution in [0.15, 0.2) is 6.20 Å². The molecule has 0 N–H and O–H groups in total. The second-order valence-electron chi connectivity index (χ2n) is 5.12. The molecule has 0 amide bonds. The first-order chi connectivity index (χ1) is 9.54. The standard InChI is InChI=1S/C15H18N2O3/c1-3-5-13-16-8-10(9(2)17-13)15(20)14-11(18)6-4-7-12(14)19/h8,14H,3-7H2,1-2H3. The van der Waals surface area contributed by atoms with E-state index in [4.69, 9.17) is 0 Å². The van der Waals surface area contributed by atoms with Crippen LogP contribution in [0.1, 0.15) is 54.5 Å². The van der Waals surface area contributed by atoms with Crippen LogP contribution < -0.4 is 0 Å². The van der Waals surface area contributed by atoms with Gasteiger partial charge in [0.2, 0.25) is 0 Å². The van der Waals surface area contributed by atoms with E-state index in [1.54, 1.807) is 6.92 Å². The first-order valence-corrected chi connectivity index (χ1v) is 6.96. The van der Waals surface area contributed by atoms with Gasteiger partial charge in [-0.05, 0) is 19.8 Å². The average molecular weight is 274 g/mol. The molecule has 1 aromatic rings. The maximum atomic E-state index is 12.4. The smallest absolute Gasteiger partial charge is 0.184 e. The van der Waals surface area contributed by atoms with Crippen molar-refractivity contribution in [2.45, 2.75) is 46.0 Å². The zero-order chi connectivity index (χ0) is 14.7. The summed E-state index contributed by atoms with van der Waals surface area (Å²) in [5, 5.41) is 0. The van der Waals surface area contributed by atoms with E-state index in [0.717, 1.165) is 12.8 Å². The predicted molar refractivity (Wildman–Crippen MR) is 72.4 cm³/mol. The van der Waals surface area contributed by atoms with Crippen LogP contribution in [0.3, 0.4) is 0 Å². The summed E-state index contributed by atoms with van der Waals surface area (Å²) in [6.45, 7) is 3.74. The van der Waals surface area contributed by atoms with Crippen LogP contribution >= 0.6 is 0 Å². The van der Waals surface area contributed by atoms with Crippen molar-refractivity contribution in [1.82, 2.24) is 9.97 Å². The molecule has 2 rings (SSSR count). The lowest BCUT2D eigenvalue weighted by molar-refractivity contribution is -0.133. The van der Waals surface area contributed by atoms with Gasteiger partial charge in [-0.1, -0.05) is 6.92 Å². The molecule has 5 heteroatoms. The Morgan fingerprint density at radius 2 is 1.95 bits per heavy atom. The quantitative estimate of drug-likeness (QED) is 0.618. The van der Waals surface area contributed by atoms with Crippen LogP contribution in [-0.4, -0.2) is 27.3 Å². The van der Waals surface area contributed by atoms with Gasteiger partial charge < -0.3 is 0 Å². The number of hydrogen-bond donors (Lipinski definition) is 0. The van der Waals surface area contributed by atoms with E-state index in [1.165, 1.54) is 6.20 Å². The van der Waals surface area contributed by atoms with Crippen molar-refractivity contribution in [3.63, 3.8) is 0 Å². The number of carbonyl (C=O) groups excluding carboxylic acids is 3. The van der Waals surface area contributed by atoms with Crippen molar-refractivity contribution in [2.24, 2.45) is 5.92 Å². The minimum absolute atomic E-state index is 0.275. The first-order valence-electron chi connectivity index (χ1n) is 6.96. The van der Waals surface area contributed by atoms with E-state index in [0.29, 0.717) is 36.3 Å². The summed E-state index contributed by atoms with van der Waals surface area (Å²) in [7, 11) is 0. The minimum atomic E-state index is -1.14. The van der Waals surface area contributed by atoms with Crippen molar-refractivity contribution in [3.05, 3.63) is 23.3 Å². The second-order valence-corrected chi connectivity index (χ2v) is 5.12. The van der Waals surface area contributed by atoms with Crippen molar-refractivity contribution in [1.29, 1.82) is 0 Å². The van der Waals surface area contributed by atoms with Gasteiger partial charge in [0.1, 0.15) is 11.7 Å². The van der Waals surface area contributed by atoms with E-state index in [-0.39, 0.29) is 11.6 Å². The molecular formula is C15H18N2O3. The molecule has 0 bridgehead atoms. The second kappa shape index (κ2) is 6.03. The summed E-state index contributed by atoms with van der Waals surface area (Å²) in [4.78, 5) is 44.4. The molecule has 0 aliphatic heterocycles. The molecule has 0 spiro atoms. The number of ketones is 3. The maximum absolute atomic E-state index is 12.4. The lowest BCUT2D eigenvalue weighted by Gasteiger charge is -2.18. The Labute approximate surface area is 117 Å². The third kappa shape index (κ3) is 2.81. The molecule has 0 unspecified atom stereocenters. The van der Waals surface area contributed by atoms with Crippen molar-refractivity contribution in [3.8, 4) is 0 Å². The molecule has 1 aliphatic carbocycles. The maximum Gasteiger partial charge on any atom is 0.184 e. The number of rotatable bonds is 4. The van der Waals surface area contributed by atoms with Gasteiger partial charge in [0.15, 0.2) is 17.3 Å². The van der Waals surface area contributed by atoms with E-state index < -0.39 is 11.7 Å². The normalized spacial score (nSPS) is 16.5. The van der Waals surface area contributed by atoms with Gasteiger partial charge in [-0.3, -0.25) is 14.4 Å². The summed E-state index contributed by atoms with van der Waals surface area (Å²) in [5.41, 5.74) is 0.832. The molecule has 1 aromatic heterocycles. The highest BCUT2D eigenvalue weighted by Gasteiger charge is 2.37. The topological polar surface area (TPSA) is 77.0 Å². The fourth-order valence-corrected chi connectivity index (χ4v) is 2.45. The van der Waals surface area contributed by atoms with E-state index in [2.05, 4.69) is 9.97 Å². The van der Waals surface area contributed by atoms with Gasteiger partial charge in [0, 0.05) is 25.5 Å². The Bertz CT molecular complexity index is 550. The molecule has 106 valence electrons. The van der Waals surface area contributed by atoms with Crippen molar-refractivity contribution < 1.29 is 14.4 Å². The Hall–Kier alpha value is -1.91. The van der Waals surface area contributed by atoms with E-state index in [1.807, 2.05) is 6.92 Å². The van der Waals surface area contributed by atoms with Gasteiger partial charge in [-0.2, -0.15) is 0 Å². The number of nitrogens with zero attached hydrogens (tertiary/aromatic N) is 2. The third-order valence-electron chi connectivity index (χ3n) is 3.52. The average Bonchev–Trinajstić information content (AvgIpc) is 2.38. The molecule has 1 heterocycles. The van der Waals surface area contributed by atoms with Crippen LogP contribution in [0.2, 0.25) is 0 Å². The Morgan fingerprint density at radius 3 is 2.50 bits per heavy atom. The molecule has 20 heavy (non-hydrogen) atoms. The van der Waals surface area contributed by atoms with Crippen LogP contribution in [0.4, 0.5) is 0 Å². The molecule has 0 radical (unpaired) electrons. The molecule has 0 atom stereocenters. The van der Waals surface area contributed by atoms with Gasteiger partial charge in [0.25, 0.3) is 0 Å². The number of Topliss-reactive ketones (excluding diaryl/α,β-unsaturated/α-hetero) is 3. The molecule has 1 fully saturated rings. The van der Waals surface area contributed by atoms with Gasteiger partial charge in [0.05, 0.1) is 11.3 Å². The summed E-state index contributed by atoms with van der Waals surface area (Å²) in [5.74, 6) is -1.45. The number of hydrogen-bond acceptors (Lipinski definition) is 5. The summed E-state index contributed by atoms with van der Waals surface area (Å²) >= 11 is 0. The zero-order valence-electron chi connectivity index (χ0n) is 11.8. The van der Waals surface area contributed by atoms with Crippen molar-refractivity contribution >= 4 is 17.3 Å². The Balaban J connectivity index is 2.28. The summed E-state index contributed by atoms with van der Waals surface area (Å²) in [6, 6.07) is 0. The number of carbonyl (C=O) groups is 3. The van der Waals surface area contributed by atoms with Crippen LogP contribution in [-0.2, 0) is 16.0 Å². The Morgan fingerprint density at radius 1 is 1.30 bits per heavy atom. The predicted octanol–water partition coefficient (Wildman–Crippen LogP) is 1.86. The first kappa shape index (κ1) is 14.5. The monoisotopic (exact) mass is 274 g/mol. The summed E-state index contributed by atoms with van der Waals surface area (Å²) in [6.07, 6.45) is 4.27. The number of aromatic nitrogens is 2. The molecule has 5 nitrogen and oxygen atoms in total. The summed E-state index contributed by atoms with van der Waals surface area (Å²) < 4.78 is 0. The SMILES string of the molecule is CCCc1ncc(C(=O)C2C(=O)CCCC2=O)c(C)n1. The molecular weight excluding hydrogens is 256 g/mol. The lowest BCUT2D eigenvalue weighted by atomic mass is 9.81. The molecule has 1 aliphatic rings. The molecule has 0 aromatic carbocycles. The van der Waals surface area contributed by atoms with Gasteiger partial charge in [-0.25, -0.2) is 9.97 Å². The van der Waals surface area contributed by atoms with E-state index in [9.17, 15) is 14.4 Å². The van der Waals surface area contributed by atoms with Crippen LogP contribution in [0.25, 0.3) is 0 Å². The minimum Gasteiger partial charge on any atom is -0.298 e. The fourth-order valence-electron chi connectivity index (χ4n) is 2.45. The van der Waals surface area contributed by atoms with E-state index >= 15 is 0 Å². The van der Waals surface area contributed by atoms with Gasteiger partial charge >= 0.3 is 0 Å². The zero-order valence-corrected chi connectivity index (χ0v) is 11.8. The van der Waals surface area contributed by atoms with Gasteiger partial charge in [-0.15, -0.1) is 0 Å². The highest BCUT2D eigenvalue weighted by molar-refractivity contribution is 6.25. The highest BCUT2D eigenvalue weighted by Crippen LogP contribution is 2.22. The highest BCUT2D eigenvalue weighted by atomic mass is 16.2. The van der Waals surface area contributed by atoms with Crippen LogP contribution in [0.5, 0.6) is 0 Å². The van der Waals surface area contributed by atoms with Crippen molar-refractivity contribution in [2.75, 3.05) is 0 Å². The number of aryl methyl sites for hydroxylation is 2. The lowest BCUT2D eigenvalue weighted by Crippen LogP contribution is -2.35. The largest absolute Gasteiger partial charge is 0.298 e. The molecule has 1 saturated carbocycles.